The largest absolute Gasteiger partial charge is 0.467 e. The van der Waals surface area contributed by atoms with Crippen LogP contribution in [-0.4, -0.2) is 91.0 Å². The molecule has 1 aliphatic heterocycles. The zero-order valence-electron chi connectivity index (χ0n) is 30.6. The SMILES string of the molecule is CC.CCOC(=O)/C=C/CCC(NC(=O)OCc1ccccc1)C(=O)N[C@@H](CCC(N)=O)C(=O)N1CCCC1C(=O)N[C@@H](CC(C)C)C(=O)OC. The summed E-state index contributed by atoms with van der Waals surface area (Å²) in [7, 11) is 1.22. The van der Waals surface area contributed by atoms with E-state index in [0.29, 0.717) is 19.3 Å². The van der Waals surface area contributed by atoms with Crippen LogP contribution < -0.4 is 21.7 Å². The van der Waals surface area contributed by atoms with Gasteiger partial charge in [-0.3, -0.25) is 19.2 Å². The van der Waals surface area contributed by atoms with Crippen molar-refractivity contribution in [1.82, 2.24) is 20.9 Å². The average Bonchev–Trinajstić information content (AvgIpc) is 3.61. The van der Waals surface area contributed by atoms with Crippen LogP contribution in [0.2, 0.25) is 0 Å². The molecule has 15 nitrogen and oxygen atoms in total. The van der Waals surface area contributed by atoms with Crippen molar-refractivity contribution in [1.29, 1.82) is 0 Å². The summed E-state index contributed by atoms with van der Waals surface area (Å²) in [4.78, 5) is 90.6. The second-order valence-corrected chi connectivity index (χ2v) is 12.0. The number of carbonyl (C=O) groups is 7. The molecule has 0 aromatic heterocycles. The van der Waals surface area contributed by atoms with Gasteiger partial charge in [0, 0.05) is 19.0 Å². The summed E-state index contributed by atoms with van der Waals surface area (Å²) in [5.74, 6) is -3.75. The number of carbonyl (C=O) groups excluding carboxylic acids is 7. The lowest BCUT2D eigenvalue weighted by Gasteiger charge is -2.30. The Labute approximate surface area is 300 Å². The highest BCUT2D eigenvalue weighted by Crippen LogP contribution is 2.21. The third-order valence-electron chi connectivity index (χ3n) is 7.63. The van der Waals surface area contributed by atoms with Gasteiger partial charge in [0.05, 0.1) is 13.7 Å². The lowest BCUT2D eigenvalue weighted by atomic mass is 10.0. The minimum atomic E-state index is -1.28. The monoisotopic (exact) mass is 717 g/mol. The zero-order chi connectivity index (χ0) is 38.3. The van der Waals surface area contributed by atoms with Gasteiger partial charge >= 0.3 is 18.0 Å². The number of ether oxygens (including phenoxy) is 3. The van der Waals surface area contributed by atoms with Gasteiger partial charge in [0.25, 0.3) is 0 Å². The Kier molecular flexibility index (Phi) is 20.9. The van der Waals surface area contributed by atoms with Crippen molar-refractivity contribution in [2.24, 2.45) is 11.7 Å². The molecule has 0 spiro atoms. The number of allylic oxidation sites excluding steroid dienone is 1. The number of benzene rings is 1. The molecular weight excluding hydrogens is 662 g/mol. The summed E-state index contributed by atoms with van der Waals surface area (Å²) in [5.41, 5.74) is 6.09. The lowest BCUT2D eigenvalue weighted by molar-refractivity contribution is -0.147. The van der Waals surface area contributed by atoms with Gasteiger partial charge in [-0.2, -0.15) is 0 Å². The molecule has 0 aliphatic carbocycles. The first kappa shape index (κ1) is 44.1. The van der Waals surface area contributed by atoms with Crippen LogP contribution in [0, 0.1) is 5.92 Å². The van der Waals surface area contributed by atoms with E-state index in [9.17, 15) is 33.6 Å². The van der Waals surface area contributed by atoms with Crippen LogP contribution >= 0.6 is 0 Å². The van der Waals surface area contributed by atoms with Crippen LogP contribution in [-0.2, 0) is 49.6 Å². The molecule has 1 aromatic carbocycles. The molecule has 1 heterocycles. The lowest BCUT2D eigenvalue weighted by Crippen LogP contribution is -2.57. The van der Waals surface area contributed by atoms with E-state index < -0.39 is 65.8 Å². The minimum absolute atomic E-state index is 0.0123. The summed E-state index contributed by atoms with van der Waals surface area (Å²) in [5, 5.41) is 7.83. The van der Waals surface area contributed by atoms with Gasteiger partial charge in [-0.1, -0.05) is 64.1 Å². The normalized spacial score (nSPS) is 15.4. The molecule has 0 bridgehead atoms. The summed E-state index contributed by atoms with van der Waals surface area (Å²) in [6.07, 6.45) is 2.68. The van der Waals surface area contributed by atoms with E-state index in [1.165, 1.54) is 24.2 Å². The van der Waals surface area contributed by atoms with E-state index in [4.69, 9.17) is 19.9 Å². The quantitative estimate of drug-likeness (QED) is 0.0933. The highest BCUT2D eigenvalue weighted by Gasteiger charge is 2.39. The number of nitrogens with one attached hydrogen (secondary N) is 3. The molecule has 1 fully saturated rings. The van der Waals surface area contributed by atoms with Gasteiger partial charge in [-0.15, -0.1) is 0 Å². The van der Waals surface area contributed by atoms with Gasteiger partial charge in [0.1, 0.15) is 30.8 Å². The van der Waals surface area contributed by atoms with Crippen molar-refractivity contribution in [3.05, 3.63) is 48.0 Å². The zero-order valence-corrected chi connectivity index (χ0v) is 30.6. The smallest absolute Gasteiger partial charge is 0.408 e. The van der Waals surface area contributed by atoms with Crippen LogP contribution in [0.3, 0.4) is 0 Å². The maximum atomic E-state index is 13.9. The number of nitrogens with zero attached hydrogens (tertiary/aromatic N) is 1. The number of alkyl carbamates (subject to hydrolysis) is 1. The molecule has 2 unspecified atom stereocenters. The maximum absolute atomic E-state index is 13.9. The van der Waals surface area contributed by atoms with Crippen molar-refractivity contribution in [2.45, 2.75) is 110 Å². The number of amides is 5. The molecule has 1 aliphatic rings. The average molecular weight is 718 g/mol. The predicted molar refractivity (Wildman–Crippen MR) is 188 cm³/mol. The van der Waals surface area contributed by atoms with E-state index in [1.54, 1.807) is 31.2 Å². The number of hydrogen-bond acceptors (Lipinski definition) is 10. The molecular formula is C36H55N5O10. The second-order valence-electron chi connectivity index (χ2n) is 12.0. The molecule has 5 amide bonds. The molecule has 51 heavy (non-hydrogen) atoms. The number of rotatable bonds is 19. The Morgan fingerprint density at radius 3 is 2.24 bits per heavy atom. The second kappa shape index (κ2) is 24.2. The Balaban J connectivity index is 0.00000638. The molecule has 1 aromatic rings. The van der Waals surface area contributed by atoms with E-state index >= 15 is 0 Å². The number of methoxy groups -OCH3 is 1. The number of hydrogen-bond donors (Lipinski definition) is 4. The third-order valence-corrected chi connectivity index (χ3v) is 7.63. The van der Waals surface area contributed by atoms with Crippen LogP contribution in [0.5, 0.6) is 0 Å². The Morgan fingerprint density at radius 2 is 1.63 bits per heavy atom. The van der Waals surface area contributed by atoms with Crippen molar-refractivity contribution >= 4 is 41.7 Å². The van der Waals surface area contributed by atoms with Crippen LogP contribution in [0.1, 0.15) is 85.1 Å². The predicted octanol–water partition coefficient (Wildman–Crippen LogP) is 2.65. The van der Waals surface area contributed by atoms with E-state index in [2.05, 4.69) is 16.0 Å². The van der Waals surface area contributed by atoms with E-state index in [-0.39, 0.29) is 51.4 Å². The standard InChI is InChI=1S/C34H49N5O10.C2H6/c1-5-48-29(41)16-10-9-14-24(38-34(46)49-21-23-12-7-6-8-13-23)30(42)36-25(17-18-28(35)40)32(44)39-19-11-15-27(39)31(43)37-26(20-22(2)3)33(45)47-4;1-2/h6-8,10,12-13,16,22,24-27H,5,9,11,14-15,17-21H2,1-4H3,(H2,35,40)(H,36,42)(H,37,43)(H,38,46);1-2H3/b16-10+;/t24?,25-,26-,27?;/m0./s1. The fraction of sp³-hybridized carbons (Fsp3) is 0.583. The first-order chi connectivity index (χ1) is 24.4. The number of primary amides is 1. The summed E-state index contributed by atoms with van der Waals surface area (Å²) in [6.45, 7) is 9.76. The van der Waals surface area contributed by atoms with Crippen molar-refractivity contribution < 1.29 is 47.8 Å². The van der Waals surface area contributed by atoms with Gasteiger partial charge in [-0.25, -0.2) is 14.4 Å². The summed E-state index contributed by atoms with van der Waals surface area (Å²) in [6, 6.07) is 4.56. The molecule has 284 valence electrons. The van der Waals surface area contributed by atoms with Crippen molar-refractivity contribution in [2.75, 3.05) is 20.3 Å². The topological polar surface area (TPSA) is 213 Å². The Bertz CT molecular complexity index is 1320. The minimum Gasteiger partial charge on any atom is -0.467 e. The van der Waals surface area contributed by atoms with Crippen molar-refractivity contribution in [3.63, 3.8) is 0 Å². The van der Waals surface area contributed by atoms with Gasteiger partial charge in [-0.05, 0) is 56.9 Å². The summed E-state index contributed by atoms with van der Waals surface area (Å²) < 4.78 is 15.0. The number of nitrogens with two attached hydrogens (primary N) is 1. The number of likely N-dealkylation sites (tertiary alicyclic amines) is 1. The molecule has 0 saturated carbocycles. The molecule has 4 atom stereocenters. The first-order valence-corrected chi connectivity index (χ1v) is 17.4. The van der Waals surface area contributed by atoms with Crippen molar-refractivity contribution in [3.8, 4) is 0 Å². The Morgan fingerprint density at radius 1 is 0.941 bits per heavy atom. The van der Waals surface area contributed by atoms with Crippen LogP contribution in [0.25, 0.3) is 0 Å². The highest BCUT2D eigenvalue weighted by atomic mass is 16.5. The molecule has 0 radical (unpaired) electrons. The van der Waals surface area contributed by atoms with Crippen LogP contribution in [0.4, 0.5) is 4.79 Å². The molecule has 1 saturated heterocycles. The van der Waals surface area contributed by atoms with Gasteiger partial charge in [0.2, 0.25) is 23.6 Å². The van der Waals surface area contributed by atoms with E-state index in [0.717, 1.165) is 5.56 Å². The molecule has 15 heteroatoms. The number of esters is 2. The fourth-order valence-electron chi connectivity index (χ4n) is 5.22. The van der Waals surface area contributed by atoms with Crippen LogP contribution in [0.15, 0.2) is 42.5 Å². The van der Waals surface area contributed by atoms with Gasteiger partial charge < -0.3 is 40.8 Å². The highest BCUT2D eigenvalue weighted by molar-refractivity contribution is 5.95. The van der Waals surface area contributed by atoms with Gasteiger partial charge in [0.15, 0.2) is 0 Å². The molecule has 5 N–H and O–H groups in total. The first-order valence-electron chi connectivity index (χ1n) is 17.4. The Hall–Kier alpha value is -4.95. The third kappa shape index (κ3) is 16.5. The van der Waals surface area contributed by atoms with E-state index in [1.807, 2.05) is 33.8 Å². The molecule has 2 rings (SSSR count). The maximum Gasteiger partial charge on any atom is 0.408 e. The summed E-state index contributed by atoms with van der Waals surface area (Å²) >= 11 is 0. The fourth-order valence-corrected chi connectivity index (χ4v) is 5.22.